The highest BCUT2D eigenvalue weighted by Crippen LogP contribution is 2.38. The fourth-order valence-electron chi connectivity index (χ4n) is 4.45. The molecule has 0 aliphatic heterocycles. The largest absolute Gasteiger partial charge is 0.460 e. The highest BCUT2D eigenvalue weighted by Gasteiger charge is 2.40. The monoisotopic (exact) mass is 588 g/mol. The molecule has 40 heavy (non-hydrogen) atoms. The van der Waals surface area contributed by atoms with Gasteiger partial charge in [-0.1, -0.05) is 47.6 Å². The maximum atomic E-state index is 12.7. The summed E-state index contributed by atoms with van der Waals surface area (Å²) in [7, 11) is 4.55. The van der Waals surface area contributed by atoms with E-state index >= 15 is 0 Å². The van der Waals surface area contributed by atoms with E-state index in [1.54, 1.807) is 34.4 Å². The van der Waals surface area contributed by atoms with Crippen molar-refractivity contribution in [2.45, 2.75) is 129 Å². The van der Waals surface area contributed by atoms with Crippen molar-refractivity contribution in [1.29, 1.82) is 0 Å². The standard InChI is InChI=1S/C30H60N2O7Si/c1-14-24(39-40(12,13)30(5,6)7)19-27(36-10)25(31)15-16-26(38-29(34)23(4)35-9)22(3)28(37-11)21(2)17-18-32(8)20-33/h17-18,20-28H,14-16,19,31H2,1-13H3/b18-17+/t21-,22+,23-,24-,25+,26-,27+,28-/m1/s1. The minimum atomic E-state index is -1.94. The van der Waals surface area contributed by atoms with Crippen molar-refractivity contribution < 1.29 is 33.0 Å². The number of rotatable bonds is 20. The number of esters is 1. The molecule has 0 heterocycles. The summed E-state index contributed by atoms with van der Waals surface area (Å²) in [6.07, 6.45) is 5.52. The molecule has 0 aromatic carbocycles. The Morgan fingerprint density at radius 1 is 1.00 bits per heavy atom. The van der Waals surface area contributed by atoms with Crippen LogP contribution in [-0.4, -0.2) is 90.5 Å². The van der Waals surface area contributed by atoms with Gasteiger partial charge in [-0.2, -0.15) is 0 Å². The van der Waals surface area contributed by atoms with Gasteiger partial charge in [-0.05, 0) is 44.3 Å². The number of carbonyl (C=O) groups excluding carboxylic acids is 2. The van der Waals surface area contributed by atoms with Gasteiger partial charge in [0.25, 0.3) is 0 Å². The Bertz CT molecular complexity index is 759. The molecular formula is C30H60N2O7Si. The molecule has 0 aromatic heterocycles. The van der Waals surface area contributed by atoms with Crippen molar-refractivity contribution in [1.82, 2.24) is 4.90 Å². The summed E-state index contributed by atoms with van der Waals surface area (Å²) in [4.78, 5) is 25.2. The molecule has 236 valence electrons. The Morgan fingerprint density at radius 3 is 2.05 bits per heavy atom. The molecule has 0 bridgehead atoms. The molecule has 0 saturated heterocycles. The maximum absolute atomic E-state index is 12.7. The highest BCUT2D eigenvalue weighted by atomic mass is 28.4. The van der Waals surface area contributed by atoms with Crippen molar-refractivity contribution in [3.05, 3.63) is 12.3 Å². The second-order valence-corrected chi connectivity index (χ2v) is 17.3. The van der Waals surface area contributed by atoms with Crippen molar-refractivity contribution >= 4 is 20.7 Å². The van der Waals surface area contributed by atoms with Crippen LogP contribution in [0.25, 0.3) is 0 Å². The topological polar surface area (TPSA) is 110 Å². The molecule has 0 aromatic rings. The first-order chi connectivity index (χ1) is 18.5. The Hall–Kier alpha value is -1.30. The molecule has 0 saturated carbocycles. The summed E-state index contributed by atoms with van der Waals surface area (Å²) >= 11 is 0. The van der Waals surface area contributed by atoms with Gasteiger partial charge in [0.1, 0.15) is 6.10 Å². The predicted molar refractivity (Wildman–Crippen MR) is 163 cm³/mol. The molecule has 0 unspecified atom stereocenters. The van der Waals surface area contributed by atoms with Crippen LogP contribution in [0, 0.1) is 11.8 Å². The van der Waals surface area contributed by atoms with E-state index < -0.39 is 26.5 Å². The average Bonchev–Trinajstić information content (AvgIpc) is 2.90. The molecule has 2 N–H and O–H groups in total. The summed E-state index contributed by atoms with van der Waals surface area (Å²) in [5.41, 5.74) is 6.70. The fourth-order valence-corrected chi connectivity index (χ4v) is 5.90. The number of nitrogens with zero attached hydrogens (tertiary/aromatic N) is 1. The lowest BCUT2D eigenvalue weighted by Gasteiger charge is -2.40. The Kier molecular flexibility index (Phi) is 17.7. The van der Waals surface area contributed by atoms with Gasteiger partial charge in [-0.3, -0.25) is 4.79 Å². The number of carbonyl (C=O) groups is 2. The lowest BCUT2D eigenvalue weighted by Crippen LogP contribution is -2.46. The van der Waals surface area contributed by atoms with Crippen LogP contribution in [0.5, 0.6) is 0 Å². The van der Waals surface area contributed by atoms with Gasteiger partial charge in [0, 0.05) is 65.0 Å². The quantitative estimate of drug-likeness (QED) is 0.118. The first kappa shape index (κ1) is 38.7. The zero-order valence-corrected chi connectivity index (χ0v) is 28.6. The summed E-state index contributed by atoms with van der Waals surface area (Å²) < 4.78 is 29.6. The van der Waals surface area contributed by atoms with Crippen LogP contribution in [0.15, 0.2) is 12.3 Å². The molecular weight excluding hydrogens is 528 g/mol. The third kappa shape index (κ3) is 12.7. The minimum absolute atomic E-state index is 0.0401. The van der Waals surface area contributed by atoms with Crippen LogP contribution >= 0.6 is 0 Å². The smallest absolute Gasteiger partial charge is 0.335 e. The van der Waals surface area contributed by atoms with Gasteiger partial charge in [0.05, 0.1) is 12.2 Å². The first-order valence-corrected chi connectivity index (χ1v) is 17.5. The third-order valence-electron chi connectivity index (χ3n) is 8.42. The molecule has 1 amide bonds. The summed E-state index contributed by atoms with van der Waals surface area (Å²) in [5.74, 6) is -0.622. The molecule has 10 heteroatoms. The summed E-state index contributed by atoms with van der Waals surface area (Å²) in [6.45, 7) is 19.1. The molecule has 0 fully saturated rings. The number of hydrogen-bond donors (Lipinski definition) is 1. The minimum Gasteiger partial charge on any atom is -0.460 e. The lowest BCUT2D eigenvalue weighted by molar-refractivity contribution is -0.166. The van der Waals surface area contributed by atoms with Gasteiger partial charge in [-0.15, -0.1) is 0 Å². The van der Waals surface area contributed by atoms with Crippen LogP contribution in [0.1, 0.15) is 74.1 Å². The van der Waals surface area contributed by atoms with Gasteiger partial charge in [0.15, 0.2) is 14.4 Å². The number of hydrogen-bond acceptors (Lipinski definition) is 8. The van der Waals surface area contributed by atoms with Crippen molar-refractivity contribution in [2.24, 2.45) is 17.6 Å². The zero-order valence-electron chi connectivity index (χ0n) is 27.6. The van der Waals surface area contributed by atoms with Crippen LogP contribution < -0.4 is 5.73 Å². The Morgan fingerprint density at radius 2 is 1.60 bits per heavy atom. The fraction of sp³-hybridized carbons (Fsp3) is 0.867. The second kappa shape index (κ2) is 18.3. The molecule has 9 nitrogen and oxygen atoms in total. The maximum Gasteiger partial charge on any atom is 0.335 e. The highest BCUT2D eigenvalue weighted by molar-refractivity contribution is 6.74. The molecule has 0 radical (unpaired) electrons. The van der Waals surface area contributed by atoms with Crippen molar-refractivity contribution in [3.8, 4) is 0 Å². The molecule has 8 atom stereocenters. The van der Waals surface area contributed by atoms with Gasteiger partial charge in [-0.25, -0.2) is 4.79 Å². The lowest BCUT2D eigenvalue weighted by atomic mass is 9.86. The van der Waals surface area contributed by atoms with Crippen LogP contribution in [0.4, 0.5) is 0 Å². The van der Waals surface area contributed by atoms with E-state index in [-0.39, 0.29) is 41.2 Å². The van der Waals surface area contributed by atoms with E-state index in [9.17, 15) is 9.59 Å². The molecule has 0 rings (SSSR count). The van der Waals surface area contributed by atoms with Gasteiger partial charge in [0.2, 0.25) is 6.41 Å². The average molecular weight is 589 g/mol. The first-order valence-electron chi connectivity index (χ1n) is 14.6. The number of methoxy groups -OCH3 is 3. The Labute approximate surface area is 245 Å². The molecule has 0 spiro atoms. The van der Waals surface area contributed by atoms with E-state index in [4.69, 9.17) is 29.1 Å². The van der Waals surface area contributed by atoms with Crippen molar-refractivity contribution in [2.75, 3.05) is 28.4 Å². The second-order valence-electron chi connectivity index (χ2n) is 12.5. The van der Waals surface area contributed by atoms with Crippen LogP contribution in [0.2, 0.25) is 18.1 Å². The van der Waals surface area contributed by atoms with E-state index in [1.807, 2.05) is 19.9 Å². The third-order valence-corrected chi connectivity index (χ3v) is 13.0. The van der Waals surface area contributed by atoms with E-state index in [1.165, 1.54) is 12.0 Å². The molecule has 0 aliphatic rings. The van der Waals surface area contributed by atoms with Crippen molar-refractivity contribution in [3.63, 3.8) is 0 Å². The van der Waals surface area contributed by atoms with Crippen LogP contribution in [0.3, 0.4) is 0 Å². The van der Waals surface area contributed by atoms with E-state index in [0.717, 1.165) is 12.8 Å². The number of amides is 1. The number of ether oxygens (including phenoxy) is 4. The summed E-state index contributed by atoms with van der Waals surface area (Å²) in [5, 5.41) is 0.116. The van der Waals surface area contributed by atoms with E-state index in [0.29, 0.717) is 19.3 Å². The normalized spacial score (nSPS) is 18.9. The number of nitrogens with two attached hydrogens (primary N) is 1. The van der Waals surface area contributed by atoms with Gasteiger partial charge < -0.3 is 34.0 Å². The Balaban J connectivity index is 5.71. The van der Waals surface area contributed by atoms with Gasteiger partial charge >= 0.3 is 5.97 Å². The summed E-state index contributed by atoms with van der Waals surface area (Å²) in [6, 6.07) is -0.269. The van der Waals surface area contributed by atoms with Crippen LogP contribution in [-0.2, 0) is 33.0 Å². The van der Waals surface area contributed by atoms with E-state index in [2.05, 4.69) is 40.8 Å². The SMILES string of the molecule is CC[C@H](C[C@H](OC)[C@@H](N)CC[C@@H](OC(=O)[C@@H](C)OC)[C@H](C)[C@H](OC)[C@H](C)/C=C/N(C)C=O)O[Si](C)(C)C(C)(C)C. The predicted octanol–water partition coefficient (Wildman–Crippen LogP) is 5.14. The zero-order chi connectivity index (χ0) is 31.3. The molecule has 0 aliphatic carbocycles.